The van der Waals surface area contributed by atoms with Gasteiger partial charge in [0.25, 0.3) is 0 Å². The predicted molar refractivity (Wildman–Crippen MR) is 73.7 cm³/mol. The van der Waals surface area contributed by atoms with Gasteiger partial charge >= 0.3 is 0 Å². The van der Waals surface area contributed by atoms with Crippen molar-refractivity contribution in [2.24, 2.45) is 5.92 Å². The Morgan fingerprint density at radius 3 is 2.67 bits per heavy atom. The van der Waals surface area contributed by atoms with Crippen molar-refractivity contribution in [2.45, 2.75) is 64.3 Å². The van der Waals surface area contributed by atoms with Crippen LogP contribution in [0, 0.1) is 5.92 Å². The molecule has 1 heterocycles. The molecular formula is C15H23N3. The van der Waals surface area contributed by atoms with Crippen LogP contribution in [-0.4, -0.2) is 16.0 Å². The average Bonchev–Trinajstić information content (AvgIpc) is 2.42. The number of fused-ring (bicyclic) bond motifs is 1. The summed E-state index contributed by atoms with van der Waals surface area (Å²) in [5.74, 6) is 2.03. The second-order valence-corrected chi connectivity index (χ2v) is 5.96. The lowest BCUT2D eigenvalue weighted by molar-refractivity contribution is 0.360. The Kier molecular flexibility index (Phi) is 3.48. The van der Waals surface area contributed by atoms with E-state index in [9.17, 15) is 0 Å². The summed E-state index contributed by atoms with van der Waals surface area (Å²) in [6.45, 7) is 2.36. The number of anilines is 1. The SMILES string of the molecule is CC1CCC(Nc2ncnc3c2CCCC3)CC1. The molecular weight excluding hydrogens is 222 g/mol. The van der Waals surface area contributed by atoms with E-state index in [-0.39, 0.29) is 0 Å². The molecule has 18 heavy (non-hydrogen) atoms. The van der Waals surface area contributed by atoms with Crippen molar-refractivity contribution in [3.63, 3.8) is 0 Å². The monoisotopic (exact) mass is 245 g/mol. The highest BCUT2D eigenvalue weighted by atomic mass is 15.0. The summed E-state index contributed by atoms with van der Waals surface area (Å²) in [5.41, 5.74) is 2.67. The number of nitrogens with one attached hydrogen (secondary N) is 1. The highest BCUT2D eigenvalue weighted by Crippen LogP contribution is 2.29. The fourth-order valence-corrected chi connectivity index (χ4v) is 3.24. The van der Waals surface area contributed by atoms with Gasteiger partial charge in [-0.25, -0.2) is 9.97 Å². The summed E-state index contributed by atoms with van der Waals surface area (Å²) in [6, 6.07) is 0.627. The van der Waals surface area contributed by atoms with Crippen molar-refractivity contribution in [1.82, 2.24) is 9.97 Å². The van der Waals surface area contributed by atoms with Crippen LogP contribution < -0.4 is 5.32 Å². The molecule has 0 amide bonds. The highest BCUT2D eigenvalue weighted by Gasteiger charge is 2.21. The van der Waals surface area contributed by atoms with Crippen molar-refractivity contribution in [1.29, 1.82) is 0 Å². The molecule has 1 aromatic rings. The summed E-state index contributed by atoms with van der Waals surface area (Å²) in [5, 5.41) is 3.68. The van der Waals surface area contributed by atoms with E-state index in [0.717, 1.165) is 24.6 Å². The summed E-state index contributed by atoms with van der Waals surface area (Å²) < 4.78 is 0. The van der Waals surface area contributed by atoms with Crippen LogP contribution >= 0.6 is 0 Å². The Balaban J connectivity index is 1.72. The largest absolute Gasteiger partial charge is 0.367 e. The van der Waals surface area contributed by atoms with E-state index >= 15 is 0 Å². The number of rotatable bonds is 2. The van der Waals surface area contributed by atoms with Crippen molar-refractivity contribution >= 4 is 5.82 Å². The number of hydrogen-bond donors (Lipinski definition) is 1. The fraction of sp³-hybridized carbons (Fsp3) is 0.733. The van der Waals surface area contributed by atoms with Crippen LogP contribution in [-0.2, 0) is 12.8 Å². The maximum absolute atomic E-state index is 4.48. The molecule has 0 aliphatic heterocycles. The zero-order valence-corrected chi connectivity index (χ0v) is 11.3. The molecule has 1 N–H and O–H groups in total. The van der Waals surface area contributed by atoms with E-state index in [1.165, 1.54) is 49.8 Å². The lowest BCUT2D eigenvalue weighted by Crippen LogP contribution is -2.27. The van der Waals surface area contributed by atoms with Gasteiger partial charge in [0.05, 0.1) is 0 Å². The summed E-state index contributed by atoms with van der Waals surface area (Å²) in [6.07, 6.45) is 11.9. The predicted octanol–water partition coefficient (Wildman–Crippen LogP) is 3.35. The smallest absolute Gasteiger partial charge is 0.133 e. The molecule has 98 valence electrons. The van der Waals surface area contributed by atoms with Crippen molar-refractivity contribution in [3.05, 3.63) is 17.6 Å². The Morgan fingerprint density at radius 1 is 1.06 bits per heavy atom. The first-order valence-electron chi connectivity index (χ1n) is 7.42. The van der Waals surface area contributed by atoms with Crippen LogP contribution in [0.3, 0.4) is 0 Å². The molecule has 0 radical (unpaired) electrons. The molecule has 2 aliphatic rings. The molecule has 3 rings (SSSR count). The third-order valence-electron chi connectivity index (χ3n) is 4.48. The van der Waals surface area contributed by atoms with Gasteiger partial charge in [-0.1, -0.05) is 6.92 Å². The van der Waals surface area contributed by atoms with Gasteiger partial charge in [0.15, 0.2) is 0 Å². The zero-order chi connectivity index (χ0) is 12.4. The molecule has 0 aromatic carbocycles. The highest BCUT2D eigenvalue weighted by molar-refractivity contribution is 5.47. The molecule has 0 spiro atoms. The maximum atomic E-state index is 4.48. The first-order chi connectivity index (χ1) is 8.83. The molecule has 1 aromatic heterocycles. The molecule has 0 bridgehead atoms. The minimum atomic E-state index is 0.627. The van der Waals surface area contributed by atoms with E-state index < -0.39 is 0 Å². The fourth-order valence-electron chi connectivity index (χ4n) is 3.24. The molecule has 0 saturated heterocycles. The quantitative estimate of drug-likeness (QED) is 0.868. The Bertz CT molecular complexity index is 408. The van der Waals surface area contributed by atoms with Crippen LogP contribution in [0.4, 0.5) is 5.82 Å². The molecule has 3 heteroatoms. The van der Waals surface area contributed by atoms with Gasteiger partial charge in [-0.3, -0.25) is 0 Å². The summed E-state index contributed by atoms with van der Waals surface area (Å²) >= 11 is 0. The first-order valence-corrected chi connectivity index (χ1v) is 7.42. The van der Waals surface area contributed by atoms with E-state index in [4.69, 9.17) is 0 Å². The van der Waals surface area contributed by atoms with Crippen LogP contribution in [0.1, 0.15) is 56.7 Å². The van der Waals surface area contributed by atoms with Crippen molar-refractivity contribution < 1.29 is 0 Å². The molecule has 3 nitrogen and oxygen atoms in total. The molecule has 0 unspecified atom stereocenters. The number of aromatic nitrogens is 2. The lowest BCUT2D eigenvalue weighted by atomic mass is 9.87. The van der Waals surface area contributed by atoms with Gasteiger partial charge in [-0.05, 0) is 57.3 Å². The molecule has 2 aliphatic carbocycles. The van der Waals surface area contributed by atoms with Gasteiger partial charge in [0.2, 0.25) is 0 Å². The van der Waals surface area contributed by atoms with Gasteiger partial charge in [-0.15, -0.1) is 0 Å². The number of aryl methyl sites for hydroxylation is 1. The second kappa shape index (κ2) is 5.25. The van der Waals surface area contributed by atoms with Crippen LogP contribution in [0.5, 0.6) is 0 Å². The average molecular weight is 245 g/mol. The zero-order valence-electron chi connectivity index (χ0n) is 11.3. The molecule has 1 saturated carbocycles. The number of nitrogens with zero attached hydrogens (tertiary/aromatic N) is 2. The van der Waals surface area contributed by atoms with Crippen LogP contribution in [0.2, 0.25) is 0 Å². The van der Waals surface area contributed by atoms with Crippen molar-refractivity contribution in [2.75, 3.05) is 5.32 Å². The van der Waals surface area contributed by atoms with Crippen LogP contribution in [0.25, 0.3) is 0 Å². The minimum absolute atomic E-state index is 0.627. The van der Waals surface area contributed by atoms with Gasteiger partial charge in [0, 0.05) is 17.3 Å². The normalized spacial score (nSPS) is 27.6. The van der Waals surface area contributed by atoms with Gasteiger partial charge in [0.1, 0.15) is 12.1 Å². The minimum Gasteiger partial charge on any atom is -0.367 e. The summed E-state index contributed by atoms with van der Waals surface area (Å²) in [4.78, 5) is 8.92. The van der Waals surface area contributed by atoms with Gasteiger partial charge < -0.3 is 5.32 Å². The standard InChI is InChI=1S/C15H23N3/c1-11-6-8-12(9-7-11)18-15-13-4-2-3-5-14(13)16-10-17-15/h10-12H,2-9H2,1H3,(H,16,17,18). The van der Waals surface area contributed by atoms with Crippen LogP contribution in [0.15, 0.2) is 6.33 Å². The topological polar surface area (TPSA) is 37.8 Å². The lowest BCUT2D eigenvalue weighted by Gasteiger charge is -2.28. The third-order valence-corrected chi connectivity index (χ3v) is 4.48. The van der Waals surface area contributed by atoms with Gasteiger partial charge in [-0.2, -0.15) is 0 Å². The first kappa shape index (κ1) is 11.9. The van der Waals surface area contributed by atoms with E-state index in [1.54, 1.807) is 6.33 Å². The summed E-state index contributed by atoms with van der Waals surface area (Å²) in [7, 11) is 0. The Labute approximate surface area is 109 Å². The maximum Gasteiger partial charge on any atom is 0.133 e. The van der Waals surface area contributed by atoms with Crippen molar-refractivity contribution in [3.8, 4) is 0 Å². The number of hydrogen-bond acceptors (Lipinski definition) is 3. The van der Waals surface area contributed by atoms with E-state index in [2.05, 4.69) is 22.2 Å². The second-order valence-electron chi connectivity index (χ2n) is 5.96. The van der Waals surface area contributed by atoms with E-state index in [1.807, 2.05) is 0 Å². The Morgan fingerprint density at radius 2 is 1.83 bits per heavy atom. The molecule has 0 atom stereocenters. The molecule has 1 fully saturated rings. The third kappa shape index (κ3) is 2.50. The van der Waals surface area contributed by atoms with E-state index in [0.29, 0.717) is 6.04 Å². The Hall–Kier alpha value is -1.12.